The van der Waals surface area contributed by atoms with Crippen LogP contribution in [0.1, 0.15) is 69.7 Å². The van der Waals surface area contributed by atoms with Crippen molar-refractivity contribution in [2.24, 2.45) is 0 Å². The molecule has 4 nitrogen and oxygen atoms in total. The third-order valence-corrected chi connectivity index (χ3v) is 4.51. The van der Waals surface area contributed by atoms with Gasteiger partial charge in [0.15, 0.2) is 0 Å². The number of hydrazine groups is 1. The predicted octanol–water partition coefficient (Wildman–Crippen LogP) is 4.89. The Balaban J connectivity index is 2.18. The van der Waals surface area contributed by atoms with E-state index in [1.54, 1.807) is 24.3 Å². The summed E-state index contributed by atoms with van der Waals surface area (Å²) in [5, 5.41) is 1.99. The summed E-state index contributed by atoms with van der Waals surface area (Å²) in [5.74, 6) is -0.428. The zero-order valence-corrected chi connectivity index (χ0v) is 16.0. The van der Waals surface area contributed by atoms with Crippen molar-refractivity contribution in [1.82, 2.24) is 10.4 Å². The summed E-state index contributed by atoms with van der Waals surface area (Å²) in [6.07, 6.45) is 8.19. The quantitative estimate of drug-likeness (QED) is 0.761. The lowest BCUT2D eigenvalue weighted by Gasteiger charge is -2.36. The molecule has 0 bridgehead atoms. The first-order valence-electron chi connectivity index (χ1n) is 8.89. The summed E-state index contributed by atoms with van der Waals surface area (Å²) >= 11 is 5.90. The molecule has 1 aliphatic rings. The van der Waals surface area contributed by atoms with Crippen molar-refractivity contribution in [2.75, 3.05) is 0 Å². The van der Waals surface area contributed by atoms with E-state index in [-0.39, 0.29) is 11.8 Å². The smallest absolute Gasteiger partial charge is 0.268 e. The van der Waals surface area contributed by atoms with Crippen LogP contribution in [0, 0.1) is 0 Å². The second-order valence-corrected chi connectivity index (χ2v) is 7.88. The van der Waals surface area contributed by atoms with Crippen LogP contribution in [0.2, 0.25) is 5.02 Å². The van der Waals surface area contributed by atoms with Crippen molar-refractivity contribution < 1.29 is 9.59 Å². The van der Waals surface area contributed by atoms with Gasteiger partial charge in [0, 0.05) is 16.2 Å². The molecule has 0 aliphatic heterocycles. The van der Waals surface area contributed by atoms with Crippen LogP contribution in [0.25, 0.3) is 0 Å². The van der Waals surface area contributed by atoms with Gasteiger partial charge in [0.05, 0.1) is 5.54 Å². The first-order valence-corrected chi connectivity index (χ1v) is 9.27. The van der Waals surface area contributed by atoms with Crippen molar-refractivity contribution in [3.05, 3.63) is 46.5 Å². The minimum absolute atomic E-state index is 0.181. The maximum Gasteiger partial charge on any atom is 0.272 e. The lowest BCUT2D eigenvalue weighted by Crippen LogP contribution is -2.56. The topological polar surface area (TPSA) is 49.4 Å². The Bertz CT molecular complexity index is 645. The first kappa shape index (κ1) is 19.5. The highest BCUT2D eigenvalue weighted by Gasteiger charge is 2.30. The number of nitrogens with zero attached hydrogens (tertiary/aromatic N) is 1. The zero-order valence-electron chi connectivity index (χ0n) is 15.3. The van der Waals surface area contributed by atoms with Crippen LogP contribution in [0.5, 0.6) is 0 Å². The molecule has 1 aliphatic carbocycles. The first-order chi connectivity index (χ1) is 11.8. The number of hydrogen-bond donors (Lipinski definition) is 1. The second kappa shape index (κ2) is 8.52. The number of rotatable bonds is 2. The van der Waals surface area contributed by atoms with Crippen molar-refractivity contribution in [1.29, 1.82) is 0 Å². The van der Waals surface area contributed by atoms with E-state index in [0.29, 0.717) is 10.6 Å². The van der Waals surface area contributed by atoms with Crippen molar-refractivity contribution in [2.45, 2.75) is 64.8 Å². The normalized spacial score (nSPS) is 17.7. The van der Waals surface area contributed by atoms with Crippen LogP contribution >= 0.6 is 11.6 Å². The van der Waals surface area contributed by atoms with Crippen molar-refractivity contribution in [3.63, 3.8) is 0 Å². The van der Waals surface area contributed by atoms with Gasteiger partial charge in [0.25, 0.3) is 11.8 Å². The molecule has 0 spiro atoms. The van der Waals surface area contributed by atoms with Crippen LogP contribution < -0.4 is 5.43 Å². The van der Waals surface area contributed by atoms with Gasteiger partial charge in [-0.1, -0.05) is 30.5 Å². The van der Waals surface area contributed by atoms with E-state index in [4.69, 9.17) is 11.6 Å². The lowest BCUT2D eigenvalue weighted by atomic mass is 9.99. The number of halogens is 1. The van der Waals surface area contributed by atoms with Gasteiger partial charge >= 0.3 is 0 Å². The number of hydrogen-bond acceptors (Lipinski definition) is 2. The molecule has 0 radical (unpaired) electrons. The number of benzene rings is 1. The van der Waals surface area contributed by atoms with E-state index < -0.39 is 5.54 Å². The maximum absolute atomic E-state index is 12.9. The van der Waals surface area contributed by atoms with E-state index in [1.165, 1.54) is 11.4 Å². The number of amides is 2. The maximum atomic E-state index is 12.9. The summed E-state index contributed by atoms with van der Waals surface area (Å²) in [6, 6.07) is 6.69. The molecule has 0 saturated carbocycles. The van der Waals surface area contributed by atoms with Crippen LogP contribution in [-0.4, -0.2) is 22.4 Å². The molecule has 1 aromatic rings. The summed E-state index contributed by atoms with van der Waals surface area (Å²) in [6.45, 7) is 5.69. The van der Waals surface area contributed by atoms with Crippen LogP contribution in [0.4, 0.5) is 0 Å². The van der Waals surface area contributed by atoms with Gasteiger partial charge in [-0.3, -0.25) is 15.0 Å². The molecule has 0 saturated heterocycles. The third kappa shape index (κ3) is 5.60. The molecule has 5 heteroatoms. The minimum Gasteiger partial charge on any atom is -0.268 e. The molecule has 0 heterocycles. The fourth-order valence-corrected chi connectivity index (χ4v) is 2.94. The molecule has 0 aromatic heterocycles. The molecule has 136 valence electrons. The Morgan fingerprint density at radius 3 is 2.32 bits per heavy atom. The standard InChI is InChI=1S/C20H27ClN2O2/c1-20(2,3)23(19(25)16-11-13-17(21)14-12-16)22-18(24)15-9-7-5-4-6-8-10-15/h9,11-14H,4-8,10H2,1-3H3,(H,22,24)/b15-9+. The predicted molar refractivity (Wildman–Crippen MR) is 101 cm³/mol. The molecular weight excluding hydrogens is 336 g/mol. The molecule has 25 heavy (non-hydrogen) atoms. The van der Waals surface area contributed by atoms with E-state index in [0.717, 1.165) is 37.7 Å². The van der Waals surface area contributed by atoms with E-state index in [1.807, 2.05) is 26.8 Å². The van der Waals surface area contributed by atoms with E-state index >= 15 is 0 Å². The molecule has 0 fully saturated rings. The van der Waals surface area contributed by atoms with Gasteiger partial charge in [-0.2, -0.15) is 0 Å². The minimum atomic E-state index is -0.547. The number of allylic oxidation sites excluding steroid dienone is 1. The van der Waals surface area contributed by atoms with Gasteiger partial charge in [-0.05, 0) is 70.7 Å². The second-order valence-electron chi connectivity index (χ2n) is 7.44. The number of carbonyl (C=O) groups excluding carboxylic acids is 2. The summed E-state index contributed by atoms with van der Waals surface area (Å²) < 4.78 is 0. The monoisotopic (exact) mass is 362 g/mol. The van der Waals surface area contributed by atoms with E-state index in [2.05, 4.69) is 5.43 Å². The SMILES string of the molecule is CC(C)(C)N(NC(=O)/C1=C/CCCCCC1)C(=O)c1ccc(Cl)cc1. The lowest BCUT2D eigenvalue weighted by molar-refractivity contribution is -0.123. The molecule has 1 N–H and O–H groups in total. The van der Waals surface area contributed by atoms with Crippen LogP contribution in [-0.2, 0) is 4.79 Å². The Labute approximate surface area is 155 Å². The van der Waals surface area contributed by atoms with Gasteiger partial charge in [-0.15, -0.1) is 0 Å². The third-order valence-electron chi connectivity index (χ3n) is 4.26. The molecule has 2 amide bonds. The Morgan fingerprint density at radius 2 is 1.68 bits per heavy atom. The Kier molecular flexibility index (Phi) is 6.65. The van der Waals surface area contributed by atoms with Gasteiger partial charge < -0.3 is 0 Å². The average molecular weight is 363 g/mol. The van der Waals surface area contributed by atoms with Gasteiger partial charge in [0.2, 0.25) is 0 Å². The fraction of sp³-hybridized carbons (Fsp3) is 0.500. The average Bonchev–Trinajstić information content (AvgIpc) is 2.51. The number of nitrogens with one attached hydrogen (secondary N) is 1. The Hall–Kier alpha value is -1.81. The molecule has 1 aromatic carbocycles. The number of carbonyl (C=O) groups is 2. The summed E-state index contributed by atoms with van der Waals surface area (Å²) in [5.41, 5.74) is 3.55. The summed E-state index contributed by atoms with van der Waals surface area (Å²) in [4.78, 5) is 25.6. The highest BCUT2D eigenvalue weighted by atomic mass is 35.5. The van der Waals surface area contributed by atoms with Crippen LogP contribution in [0.15, 0.2) is 35.9 Å². The Morgan fingerprint density at radius 1 is 1.04 bits per heavy atom. The van der Waals surface area contributed by atoms with Crippen molar-refractivity contribution >= 4 is 23.4 Å². The highest BCUT2D eigenvalue weighted by molar-refractivity contribution is 6.30. The molecule has 0 atom stereocenters. The van der Waals surface area contributed by atoms with Crippen LogP contribution in [0.3, 0.4) is 0 Å². The summed E-state index contributed by atoms with van der Waals surface area (Å²) in [7, 11) is 0. The van der Waals surface area contributed by atoms with Gasteiger partial charge in [0.1, 0.15) is 0 Å². The molecule has 0 unspecified atom stereocenters. The molecular formula is C20H27ClN2O2. The van der Waals surface area contributed by atoms with E-state index in [9.17, 15) is 9.59 Å². The van der Waals surface area contributed by atoms with Gasteiger partial charge in [-0.25, -0.2) is 5.01 Å². The fourth-order valence-electron chi connectivity index (χ4n) is 2.82. The largest absolute Gasteiger partial charge is 0.272 e. The highest BCUT2D eigenvalue weighted by Crippen LogP contribution is 2.20. The zero-order chi connectivity index (χ0) is 18.4. The van der Waals surface area contributed by atoms with Crippen molar-refractivity contribution in [3.8, 4) is 0 Å². The molecule has 2 rings (SSSR count).